The lowest BCUT2D eigenvalue weighted by molar-refractivity contribution is -0.147. The molecule has 0 bridgehead atoms. The largest absolute Gasteiger partial charge is 0.417 e. The summed E-state index contributed by atoms with van der Waals surface area (Å²) in [6.07, 6.45) is 4.58. The van der Waals surface area contributed by atoms with E-state index in [0.29, 0.717) is 50.6 Å². The molecule has 0 radical (unpaired) electrons. The molecule has 3 heterocycles. The summed E-state index contributed by atoms with van der Waals surface area (Å²) in [5.74, 6) is -2.82. The van der Waals surface area contributed by atoms with E-state index in [9.17, 15) is 33.9 Å². The fraction of sp³-hybridized carbons (Fsp3) is 0.588. The van der Waals surface area contributed by atoms with Crippen molar-refractivity contribution in [1.82, 2.24) is 25.6 Å². The zero-order chi connectivity index (χ0) is 34.2. The van der Waals surface area contributed by atoms with Crippen LogP contribution < -0.4 is 26.2 Å². The predicted molar refractivity (Wildman–Crippen MR) is 174 cm³/mol. The number of carbonyl (C=O) groups is 5. The third-order valence-electron chi connectivity index (χ3n) is 9.34. The molecule has 2 aromatic rings. The maximum absolute atomic E-state index is 14.2. The maximum atomic E-state index is 14.2. The Bertz CT molecular complexity index is 1540. The molecule has 1 aromatic carbocycles. The highest BCUT2D eigenvalue weighted by Gasteiger charge is 2.41. The monoisotopic (exact) mass is 653 g/mol. The van der Waals surface area contributed by atoms with E-state index in [1.54, 1.807) is 24.3 Å². The number of aliphatic hydroxyl groups excluding tert-OH is 1. The molecule has 13 heteroatoms. The van der Waals surface area contributed by atoms with E-state index < -0.39 is 53.4 Å². The summed E-state index contributed by atoms with van der Waals surface area (Å²) in [7, 11) is 1.41. The van der Waals surface area contributed by atoms with Gasteiger partial charge in [0.2, 0.25) is 23.6 Å². The Morgan fingerprint density at radius 3 is 2.43 bits per heavy atom. The SMILES string of the molecule is CCC(C)[C@@H]1NC(=O)[C@H](c2cn(OC)c3ccccc3c2=O)NC(=O)[C@H](CCCCCC(=O)C(C)O)NC(=O)[C@H]2CCCCN2C1=O. The van der Waals surface area contributed by atoms with Crippen LogP contribution in [0.15, 0.2) is 35.3 Å². The third-order valence-corrected chi connectivity index (χ3v) is 9.34. The highest BCUT2D eigenvalue weighted by Crippen LogP contribution is 2.24. The molecule has 47 heavy (non-hydrogen) atoms. The Labute approximate surface area is 274 Å². The van der Waals surface area contributed by atoms with E-state index in [0.717, 1.165) is 6.42 Å². The van der Waals surface area contributed by atoms with Gasteiger partial charge in [0, 0.05) is 18.4 Å². The Balaban J connectivity index is 1.75. The van der Waals surface area contributed by atoms with Gasteiger partial charge in [-0.3, -0.25) is 28.8 Å². The third kappa shape index (κ3) is 8.19. The summed E-state index contributed by atoms with van der Waals surface area (Å²) in [4.78, 5) is 88.6. The fourth-order valence-corrected chi connectivity index (χ4v) is 6.29. The maximum Gasteiger partial charge on any atom is 0.248 e. The van der Waals surface area contributed by atoms with Crippen LogP contribution in [0.25, 0.3) is 10.9 Å². The number of carbonyl (C=O) groups excluding carboxylic acids is 5. The molecule has 2 fully saturated rings. The second-order valence-electron chi connectivity index (χ2n) is 12.6. The molecule has 0 saturated carbocycles. The van der Waals surface area contributed by atoms with Gasteiger partial charge in [-0.2, -0.15) is 4.73 Å². The predicted octanol–water partition coefficient (Wildman–Crippen LogP) is 1.53. The molecule has 4 N–H and O–H groups in total. The van der Waals surface area contributed by atoms with Gasteiger partial charge in [0.05, 0.1) is 17.3 Å². The number of nitrogens with zero attached hydrogens (tertiary/aromatic N) is 2. The van der Waals surface area contributed by atoms with Gasteiger partial charge in [-0.1, -0.05) is 45.2 Å². The molecular formula is C34H47N5O8. The first-order chi connectivity index (χ1) is 22.5. The summed E-state index contributed by atoms with van der Waals surface area (Å²) in [5.41, 5.74) is -0.0969. The van der Waals surface area contributed by atoms with Crippen molar-refractivity contribution in [3.63, 3.8) is 0 Å². The van der Waals surface area contributed by atoms with Crippen LogP contribution in [0.4, 0.5) is 0 Å². The number of aliphatic hydroxyl groups is 1. The van der Waals surface area contributed by atoms with Gasteiger partial charge in [-0.05, 0) is 57.1 Å². The second-order valence-corrected chi connectivity index (χ2v) is 12.6. The van der Waals surface area contributed by atoms with Crippen molar-refractivity contribution in [2.24, 2.45) is 5.92 Å². The average Bonchev–Trinajstić information content (AvgIpc) is 3.07. The lowest BCUT2D eigenvalue weighted by atomic mass is 9.93. The van der Waals surface area contributed by atoms with Crippen LogP contribution in [0.1, 0.15) is 90.2 Å². The molecular weight excluding hydrogens is 606 g/mol. The summed E-state index contributed by atoms with van der Waals surface area (Å²) in [5, 5.41) is 18.1. The lowest BCUT2D eigenvalue weighted by Gasteiger charge is -2.39. The first-order valence-corrected chi connectivity index (χ1v) is 16.6. The van der Waals surface area contributed by atoms with E-state index in [4.69, 9.17) is 4.84 Å². The number of benzene rings is 1. The highest BCUT2D eigenvalue weighted by molar-refractivity contribution is 5.98. The average molecular weight is 654 g/mol. The Morgan fingerprint density at radius 1 is 0.979 bits per heavy atom. The van der Waals surface area contributed by atoms with Crippen LogP contribution in [-0.2, 0) is 24.0 Å². The molecule has 4 rings (SSSR count). The quantitative estimate of drug-likeness (QED) is 0.264. The molecule has 0 aliphatic carbocycles. The van der Waals surface area contributed by atoms with E-state index >= 15 is 0 Å². The summed E-state index contributed by atoms with van der Waals surface area (Å²) < 4.78 is 1.34. The van der Waals surface area contributed by atoms with Crippen molar-refractivity contribution in [1.29, 1.82) is 0 Å². The minimum atomic E-state index is -1.51. The second kappa shape index (κ2) is 16.0. The van der Waals surface area contributed by atoms with Gasteiger partial charge in [0.15, 0.2) is 11.2 Å². The van der Waals surface area contributed by atoms with Crippen molar-refractivity contribution in [3.05, 3.63) is 46.2 Å². The minimum absolute atomic E-state index is 0.0682. The number of Topliss-reactive ketones (excluding diaryl/α,β-unsaturated/α-hetero) is 1. The van der Waals surface area contributed by atoms with E-state index in [1.165, 1.54) is 29.9 Å². The van der Waals surface area contributed by atoms with E-state index in [2.05, 4.69) is 16.0 Å². The van der Waals surface area contributed by atoms with Crippen LogP contribution in [-0.4, -0.2) is 82.0 Å². The zero-order valence-corrected chi connectivity index (χ0v) is 27.6. The first kappa shape index (κ1) is 35.6. The van der Waals surface area contributed by atoms with Crippen molar-refractivity contribution in [3.8, 4) is 0 Å². The zero-order valence-electron chi connectivity index (χ0n) is 27.6. The van der Waals surface area contributed by atoms with Crippen LogP contribution in [0, 0.1) is 5.92 Å². The van der Waals surface area contributed by atoms with E-state index in [-0.39, 0.29) is 41.4 Å². The Kier molecular flexibility index (Phi) is 12.1. The minimum Gasteiger partial charge on any atom is -0.417 e. The van der Waals surface area contributed by atoms with Gasteiger partial charge < -0.3 is 30.8 Å². The van der Waals surface area contributed by atoms with Crippen LogP contribution in [0.5, 0.6) is 0 Å². The topological polar surface area (TPSA) is 176 Å². The number of amides is 4. The molecule has 0 spiro atoms. The van der Waals surface area contributed by atoms with Gasteiger partial charge >= 0.3 is 0 Å². The molecule has 4 amide bonds. The number of piperidine rings is 1. The summed E-state index contributed by atoms with van der Waals surface area (Å²) in [6, 6.07) is 2.31. The number of unbranched alkanes of at least 4 members (excludes halogenated alkanes) is 2. The number of pyridine rings is 1. The van der Waals surface area contributed by atoms with Crippen molar-refractivity contribution in [2.45, 2.75) is 109 Å². The molecule has 2 aliphatic heterocycles. The molecule has 256 valence electrons. The molecule has 2 unspecified atom stereocenters. The van der Waals surface area contributed by atoms with Gasteiger partial charge in [0.25, 0.3) is 0 Å². The van der Waals surface area contributed by atoms with Crippen LogP contribution in [0.2, 0.25) is 0 Å². The number of hydrogen-bond donors (Lipinski definition) is 4. The smallest absolute Gasteiger partial charge is 0.248 e. The Hall–Kier alpha value is -4.26. The number of fused-ring (bicyclic) bond motifs is 2. The van der Waals surface area contributed by atoms with Crippen LogP contribution >= 0.6 is 0 Å². The molecule has 2 saturated heterocycles. The number of nitrogens with one attached hydrogen (secondary N) is 3. The van der Waals surface area contributed by atoms with Crippen LogP contribution in [0.3, 0.4) is 0 Å². The Morgan fingerprint density at radius 2 is 1.72 bits per heavy atom. The fourth-order valence-electron chi connectivity index (χ4n) is 6.29. The van der Waals surface area contributed by atoms with Gasteiger partial charge in [0.1, 0.15) is 37.4 Å². The van der Waals surface area contributed by atoms with Crippen molar-refractivity contribution >= 4 is 40.3 Å². The molecule has 2 aliphatic rings. The molecule has 6 atom stereocenters. The first-order valence-electron chi connectivity index (χ1n) is 16.6. The van der Waals surface area contributed by atoms with Crippen molar-refractivity contribution < 1.29 is 33.9 Å². The number of para-hydroxylation sites is 1. The van der Waals surface area contributed by atoms with Gasteiger partial charge in [-0.15, -0.1) is 0 Å². The number of ketones is 1. The summed E-state index contributed by atoms with van der Waals surface area (Å²) in [6.45, 7) is 5.48. The molecule has 13 nitrogen and oxygen atoms in total. The highest BCUT2D eigenvalue weighted by atomic mass is 16.6. The summed E-state index contributed by atoms with van der Waals surface area (Å²) >= 11 is 0. The lowest BCUT2D eigenvalue weighted by Crippen LogP contribution is -2.63. The normalized spacial score (nSPS) is 23.8. The van der Waals surface area contributed by atoms with Crippen molar-refractivity contribution in [2.75, 3.05) is 13.7 Å². The number of hydrogen-bond acceptors (Lipinski definition) is 8. The number of rotatable bonds is 11. The number of aromatic nitrogens is 1. The molecule has 1 aromatic heterocycles. The van der Waals surface area contributed by atoms with Gasteiger partial charge in [-0.25, -0.2) is 0 Å². The van der Waals surface area contributed by atoms with E-state index in [1.807, 2.05) is 13.8 Å². The standard InChI is InChI=1S/C34H47N5O8/c1-5-20(2)28-34(46)38-18-12-11-16-26(38)32(44)35-24(14-7-6-8-17-27(41)21(3)40)31(43)37-29(33(45)36-28)23-19-39(47-4)25-15-10-9-13-22(25)30(23)42/h9-10,13,15,19-21,24,26,28-29,40H,5-8,11-12,14,16-18H2,1-4H3,(H,35,44)(H,36,45)(H,37,43)/t20?,21?,24-,26+,28-,29-/m0/s1.